The third-order valence-corrected chi connectivity index (χ3v) is 2.15. The fourth-order valence-corrected chi connectivity index (χ4v) is 1.56. The highest BCUT2D eigenvalue weighted by Crippen LogP contribution is 2.26. The molecule has 1 rings (SSSR count). The van der Waals surface area contributed by atoms with Crippen molar-refractivity contribution in [2.24, 2.45) is 5.92 Å². The van der Waals surface area contributed by atoms with Gasteiger partial charge >= 0.3 is 0 Å². The number of hydrogen-bond donors (Lipinski definition) is 0. The second-order valence-corrected chi connectivity index (χ2v) is 4.26. The first-order chi connectivity index (χ1) is 6.61. The molecule has 0 aliphatic heterocycles. The Kier molecular flexibility index (Phi) is 4.15. The molecule has 14 heavy (non-hydrogen) atoms. The average Bonchev–Trinajstić information content (AvgIpc) is 2.15. The molecule has 1 heteroatoms. The molecule has 0 fully saturated rings. The summed E-state index contributed by atoms with van der Waals surface area (Å²) in [7, 11) is 0. The monoisotopic (exact) mass is 192 g/mol. The van der Waals surface area contributed by atoms with Gasteiger partial charge in [-0.15, -0.1) is 0 Å². The average molecular weight is 192 g/mol. The lowest BCUT2D eigenvalue weighted by atomic mass is 9.99. The zero-order chi connectivity index (χ0) is 10.6. The predicted molar refractivity (Wildman–Crippen MR) is 60.2 cm³/mol. The molecule has 1 aromatic carbocycles. The first-order valence-electron chi connectivity index (χ1n) is 5.31. The van der Waals surface area contributed by atoms with Crippen LogP contribution in [0.5, 0.6) is 0 Å². The van der Waals surface area contributed by atoms with Gasteiger partial charge in [0, 0.05) is 0 Å². The van der Waals surface area contributed by atoms with Gasteiger partial charge in [0.2, 0.25) is 0 Å². The maximum absolute atomic E-state index is 5.90. The molecule has 0 aromatic heterocycles. The number of hydrogen-bond acceptors (Lipinski definition) is 1. The maximum Gasteiger partial charge on any atom is 0.0851 e. The Labute approximate surface area is 87.1 Å². The van der Waals surface area contributed by atoms with Gasteiger partial charge < -0.3 is 4.74 Å². The van der Waals surface area contributed by atoms with Crippen LogP contribution >= 0.6 is 0 Å². The van der Waals surface area contributed by atoms with Gasteiger partial charge in [-0.05, 0) is 25.3 Å². The summed E-state index contributed by atoms with van der Waals surface area (Å²) in [5, 5.41) is 0. The lowest BCUT2D eigenvalue weighted by Gasteiger charge is -2.24. The summed E-state index contributed by atoms with van der Waals surface area (Å²) in [5.41, 5.74) is 1.27. The van der Waals surface area contributed by atoms with Crippen molar-refractivity contribution in [2.75, 3.05) is 0 Å². The van der Waals surface area contributed by atoms with Gasteiger partial charge in [-0.2, -0.15) is 0 Å². The van der Waals surface area contributed by atoms with Crippen molar-refractivity contribution in [3.63, 3.8) is 0 Å². The van der Waals surface area contributed by atoms with Crippen molar-refractivity contribution in [3.05, 3.63) is 35.9 Å². The van der Waals surface area contributed by atoms with Gasteiger partial charge in [0.25, 0.3) is 0 Å². The van der Waals surface area contributed by atoms with Crippen molar-refractivity contribution in [3.8, 4) is 0 Å². The molecular formula is C13H20O. The van der Waals surface area contributed by atoms with E-state index >= 15 is 0 Å². The summed E-state index contributed by atoms with van der Waals surface area (Å²) in [6.45, 7) is 8.55. The molecule has 0 spiro atoms. The van der Waals surface area contributed by atoms with Crippen LogP contribution in [0.25, 0.3) is 0 Å². The van der Waals surface area contributed by atoms with Crippen LogP contribution in [-0.4, -0.2) is 6.10 Å². The van der Waals surface area contributed by atoms with E-state index in [1.807, 2.05) is 6.07 Å². The molecule has 0 bridgehead atoms. The molecule has 1 aromatic rings. The molecule has 0 heterocycles. The number of benzene rings is 1. The van der Waals surface area contributed by atoms with Crippen LogP contribution in [0.3, 0.4) is 0 Å². The topological polar surface area (TPSA) is 9.23 Å². The molecule has 1 nitrogen and oxygen atoms in total. The zero-order valence-electron chi connectivity index (χ0n) is 9.53. The summed E-state index contributed by atoms with van der Waals surface area (Å²) < 4.78 is 5.90. The van der Waals surface area contributed by atoms with Crippen LogP contribution in [0.15, 0.2) is 30.3 Å². The molecule has 0 amide bonds. The third-order valence-electron chi connectivity index (χ3n) is 2.15. The molecular weight excluding hydrogens is 172 g/mol. The number of ether oxygens (including phenoxy) is 1. The minimum absolute atomic E-state index is 0.219. The summed E-state index contributed by atoms with van der Waals surface area (Å²) in [4.78, 5) is 0. The fraction of sp³-hybridized carbons (Fsp3) is 0.538. The summed E-state index contributed by atoms with van der Waals surface area (Å²) in [6.07, 6.45) is 0.499. The van der Waals surface area contributed by atoms with E-state index in [2.05, 4.69) is 52.0 Å². The van der Waals surface area contributed by atoms with Crippen LogP contribution < -0.4 is 0 Å². The summed E-state index contributed by atoms with van der Waals surface area (Å²) in [5.74, 6) is 0.514. The Bertz CT molecular complexity index is 251. The Morgan fingerprint density at radius 2 is 1.50 bits per heavy atom. The SMILES string of the molecule is CC(C)OC(c1ccccc1)C(C)C. The van der Waals surface area contributed by atoms with Crippen LogP contribution in [0.2, 0.25) is 0 Å². The van der Waals surface area contributed by atoms with E-state index in [0.29, 0.717) is 5.92 Å². The van der Waals surface area contributed by atoms with Crippen LogP contribution in [0.4, 0.5) is 0 Å². The van der Waals surface area contributed by atoms with Crippen LogP contribution in [0, 0.1) is 5.92 Å². The van der Waals surface area contributed by atoms with Crippen molar-refractivity contribution in [2.45, 2.75) is 39.9 Å². The molecule has 0 aliphatic carbocycles. The van der Waals surface area contributed by atoms with E-state index in [0.717, 1.165) is 0 Å². The van der Waals surface area contributed by atoms with E-state index in [9.17, 15) is 0 Å². The molecule has 1 atom stereocenters. The molecule has 0 radical (unpaired) electrons. The van der Waals surface area contributed by atoms with E-state index in [1.54, 1.807) is 0 Å². The van der Waals surface area contributed by atoms with Gasteiger partial charge in [-0.25, -0.2) is 0 Å². The van der Waals surface area contributed by atoms with E-state index in [4.69, 9.17) is 4.74 Å². The Hall–Kier alpha value is -0.820. The second kappa shape index (κ2) is 5.16. The van der Waals surface area contributed by atoms with Gasteiger partial charge in [0.1, 0.15) is 0 Å². The van der Waals surface area contributed by atoms with Crippen LogP contribution in [-0.2, 0) is 4.74 Å². The maximum atomic E-state index is 5.90. The molecule has 0 saturated heterocycles. The molecule has 0 aliphatic rings. The quantitative estimate of drug-likeness (QED) is 0.705. The minimum atomic E-state index is 0.219. The highest BCUT2D eigenvalue weighted by Gasteiger charge is 2.16. The summed E-state index contributed by atoms with van der Waals surface area (Å²) in [6, 6.07) is 10.4. The predicted octanol–water partition coefficient (Wildman–Crippen LogP) is 3.81. The Balaban J connectivity index is 2.78. The molecule has 1 unspecified atom stereocenters. The smallest absolute Gasteiger partial charge is 0.0851 e. The third kappa shape index (κ3) is 3.15. The van der Waals surface area contributed by atoms with Crippen molar-refractivity contribution in [1.82, 2.24) is 0 Å². The van der Waals surface area contributed by atoms with Gasteiger partial charge in [0.05, 0.1) is 12.2 Å². The van der Waals surface area contributed by atoms with E-state index in [-0.39, 0.29) is 12.2 Å². The van der Waals surface area contributed by atoms with Crippen molar-refractivity contribution >= 4 is 0 Å². The molecule has 0 N–H and O–H groups in total. The summed E-state index contributed by atoms with van der Waals surface area (Å²) >= 11 is 0. The molecule has 78 valence electrons. The van der Waals surface area contributed by atoms with E-state index < -0.39 is 0 Å². The molecule has 0 saturated carbocycles. The lowest BCUT2D eigenvalue weighted by Crippen LogP contribution is -2.15. The first-order valence-corrected chi connectivity index (χ1v) is 5.31. The van der Waals surface area contributed by atoms with Crippen molar-refractivity contribution in [1.29, 1.82) is 0 Å². The van der Waals surface area contributed by atoms with E-state index in [1.165, 1.54) is 5.56 Å². The van der Waals surface area contributed by atoms with Gasteiger partial charge in [-0.1, -0.05) is 44.2 Å². The minimum Gasteiger partial charge on any atom is -0.371 e. The first kappa shape index (κ1) is 11.3. The highest BCUT2D eigenvalue weighted by atomic mass is 16.5. The van der Waals surface area contributed by atoms with Crippen molar-refractivity contribution < 1.29 is 4.74 Å². The standard InChI is InChI=1S/C13H20O/c1-10(2)13(14-11(3)4)12-8-6-5-7-9-12/h5-11,13H,1-4H3. The largest absolute Gasteiger partial charge is 0.371 e. The van der Waals surface area contributed by atoms with Gasteiger partial charge in [-0.3, -0.25) is 0 Å². The lowest BCUT2D eigenvalue weighted by molar-refractivity contribution is -0.0199. The highest BCUT2D eigenvalue weighted by molar-refractivity contribution is 5.18. The van der Waals surface area contributed by atoms with Gasteiger partial charge in [0.15, 0.2) is 0 Å². The normalized spacial score (nSPS) is 13.6. The fourth-order valence-electron chi connectivity index (χ4n) is 1.56. The zero-order valence-corrected chi connectivity index (χ0v) is 9.53. The Morgan fingerprint density at radius 3 is 1.93 bits per heavy atom. The Morgan fingerprint density at radius 1 is 0.929 bits per heavy atom. The van der Waals surface area contributed by atoms with Crippen LogP contribution in [0.1, 0.15) is 39.4 Å². The second-order valence-electron chi connectivity index (χ2n) is 4.26. The number of rotatable bonds is 4.